The van der Waals surface area contributed by atoms with E-state index in [0.29, 0.717) is 29.4 Å². The van der Waals surface area contributed by atoms with Gasteiger partial charge in [0.2, 0.25) is 0 Å². The number of hydrogen-bond donors (Lipinski definition) is 2. The van der Waals surface area contributed by atoms with Gasteiger partial charge in [-0.25, -0.2) is 14.3 Å². The second kappa shape index (κ2) is 11.4. The summed E-state index contributed by atoms with van der Waals surface area (Å²) >= 11 is 0. The fraction of sp³-hybridized carbons (Fsp3) is 0.333. The van der Waals surface area contributed by atoms with Crippen LogP contribution in [-0.2, 0) is 15.0 Å². The SMILES string of the molecule is COCCOc1cc(C(N)=O)nn2c(-c3ccccc3)c(-c3ccc(C4(NC(=O)OC(C)C)CCC4)cc3)nc12. The quantitative estimate of drug-likeness (QED) is 0.277. The molecule has 1 aliphatic rings. The number of imidazole rings is 1. The van der Waals surface area contributed by atoms with Gasteiger partial charge < -0.3 is 25.3 Å². The van der Waals surface area contributed by atoms with Crippen LogP contribution in [0.5, 0.6) is 5.75 Å². The van der Waals surface area contributed by atoms with Crippen LogP contribution in [0.2, 0.25) is 0 Å². The van der Waals surface area contributed by atoms with Gasteiger partial charge in [-0.05, 0) is 38.7 Å². The molecule has 0 saturated heterocycles. The van der Waals surface area contributed by atoms with Gasteiger partial charge >= 0.3 is 6.09 Å². The van der Waals surface area contributed by atoms with Gasteiger partial charge in [-0.3, -0.25) is 4.79 Å². The largest absolute Gasteiger partial charge is 0.487 e. The molecule has 3 N–H and O–H groups in total. The van der Waals surface area contributed by atoms with Crippen LogP contribution >= 0.6 is 0 Å². The van der Waals surface area contributed by atoms with Crippen LogP contribution < -0.4 is 15.8 Å². The van der Waals surface area contributed by atoms with Crippen molar-refractivity contribution in [1.82, 2.24) is 19.9 Å². The Labute approximate surface area is 232 Å². The zero-order chi connectivity index (χ0) is 28.3. The summed E-state index contributed by atoms with van der Waals surface area (Å²) in [4.78, 5) is 29.5. The van der Waals surface area contributed by atoms with Crippen LogP contribution in [0.3, 0.4) is 0 Å². The van der Waals surface area contributed by atoms with E-state index in [-0.39, 0.29) is 18.4 Å². The van der Waals surface area contributed by atoms with Gasteiger partial charge in [0, 0.05) is 24.3 Å². The summed E-state index contributed by atoms with van der Waals surface area (Å²) in [6, 6.07) is 19.2. The molecular formula is C30H33N5O5. The minimum Gasteiger partial charge on any atom is -0.487 e. The highest BCUT2D eigenvalue weighted by Crippen LogP contribution is 2.42. The normalized spacial score (nSPS) is 14.1. The zero-order valence-electron chi connectivity index (χ0n) is 22.8. The number of hydrogen-bond acceptors (Lipinski definition) is 7. The molecule has 2 aromatic heterocycles. The van der Waals surface area contributed by atoms with Gasteiger partial charge in [0.05, 0.1) is 23.9 Å². The number of nitrogens with one attached hydrogen (secondary N) is 1. The summed E-state index contributed by atoms with van der Waals surface area (Å²) in [6.07, 6.45) is 2.09. The molecule has 0 unspecified atom stereocenters. The molecule has 0 spiro atoms. The molecule has 40 heavy (non-hydrogen) atoms. The number of aromatic nitrogens is 3. The Bertz CT molecular complexity index is 1510. The minimum absolute atomic E-state index is 0.0580. The monoisotopic (exact) mass is 543 g/mol. The van der Waals surface area contributed by atoms with Gasteiger partial charge in [-0.15, -0.1) is 0 Å². The maximum Gasteiger partial charge on any atom is 0.408 e. The first kappa shape index (κ1) is 27.1. The summed E-state index contributed by atoms with van der Waals surface area (Å²) in [5.74, 6) is -0.298. The average Bonchev–Trinajstić information content (AvgIpc) is 3.31. The lowest BCUT2D eigenvalue weighted by molar-refractivity contribution is 0.0883. The molecule has 0 atom stereocenters. The molecule has 0 bridgehead atoms. The lowest BCUT2D eigenvalue weighted by Gasteiger charge is -2.42. The minimum atomic E-state index is -0.675. The molecule has 2 amide bonds. The predicted molar refractivity (Wildman–Crippen MR) is 150 cm³/mol. The molecule has 1 aliphatic carbocycles. The highest BCUT2D eigenvalue weighted by Gasteiger charge is 2.40. The van der Waals surface area contributed by atoms with Crippen LogP contribution in [0.15, 0.2) is 60.7 Å². The molecule has 10 heteroatoms. The molecule has 2 aromatic carbocycles. The smallest absolute Gasteiger partial charge is 0.408 e. The van der Waals surface area contributed by atoms with Crippen molar-refractivity contribution >= 4 is 17.6 Å². The number of amides is 2. The fourth-order valence-corrected chi connectivity index (χ4v) is 4.91. The average molecular weight is 544 g/mol. The number of methoxy groups -OCH3 is 1. The Hall–Kier alpha value is -4.44. The molecule has 1 fully saturated rings. The van der Waals surface area contributed by atoms with Crippen LogP contribution in [0.4, 0.5) is 4.79 Å². The summed E-state index contributed by atoms with van der Waals surface area (Å²) in [5, 5.41) is 7.61. The molecule has 5 rings (SSSR count). The van der Waals surface area contributed by atoms with Crippen molar-refractivity contribution in [1.29, 1.82) is 0 Å². The van der Waals surface area contributed by atoms with Crippen molar-refractivity contribution in [3.05, 3.63) is 71.9 Å². The van der Waals surface area contributed by atoms with E-state index in [2.05, 4.69) is 10.4 Å². The third kappa shape index (κ3) is 5.35. The van der Waals surface area contributed by atoms with Crippen LogP contribution in [-0.4, -0.2) is 53.0 Å². The van der Waals surface area contributed by atoms with Crippen molar-refractivity contribution in [2.75, 3.05) is 20.3 Å². The number of ether oxygens (including phenoxy) is 3. The number of fused-ring (bicyclic) bond motifs is 1. The predicted octanol–water partition coefficient (Wildman–Crippen LogP) is 4.70. The summed E-state index contributed by atoms with van der Waals surface area (Å²) in [6.45, 7) is 4.29. The Morgan fingerprint density at radius 2 is 1.77 bits per heavy atom. The van der Waals surface area contributed by atoms with E-state index < -0.39 is 17.5 Å². The number of carbonyl (C=O) groups excluding carboxylic acids is 2. The standard InChI is InChI=1S/C30H33N5O5/c1-19(2)40-29(37)33-30(14-7-15-30)22-12-10-20(11-13-22)25-26(21-8-5-4-6-9-21)35-28(32-25)24(39-17-16-38-3)18-23(34-35)27(31)36/h4-6,8-13,18-19H,7,14-17H2,1-3H3,(H2,31,36)(H,33,37). The first-order valence-corrected chi connectivity index (χ1v) is 13.3. The Balaban J connectivity index is 1.60. The summed E-state index contributed by atoms with van der Waals surface area (Å²) < 4.78 is 18.0. The number of rotatable bonds is 10. The van der Waals surface area contributed by atoms with Crippen molar-refractivity contribution in [3.8, 4) is 28.3 Å². The Kier molecular flexibility index (Phi) is 7.70. The number of alkyl carbamates (subject to hydrolysis) is 1. The number of nitrogens with two attached hydrogens (primary N) is 1. The second-order valence-electron chi connectivity index (χ2n) is 10.1. The zero-order valence-corrected chi connectivity index (χ0v) is 22.8. The third-order valence-electron chi connectivity index (χ3n) is 7.00. The lowest BCUT2D eigenvalue weighted by atomic mass is 9.71. The van der Waals surface area contributed by atoms with E-state index in [1.54, 1.807) is 11.6 Å². The van der Waals surface area contributed by atoms with Crippen LogP contribution in [0.25, 0.3) is 28.2 Å². The van der Waals surface area contributed by atoms with Gasteiger partial charge in [0.15, 0.2) is 17.1 Å². The highest BCUT2D eigenvalue weighted by atomic mass is 16.6. The van der Waals surface area contributed by atoms with Gasteiger partial charge in [0.1, 0.15) is 12.3 Å². The van der Waals surface area contributed by atoms with Crippen molar-refractivity contribution in [2.24, 2.45) is 5.73 Å². The molecule has 0 radical (unpaired) electrons. The number of carbonyl (C=O) groups is 2. The molecule has 1 saturated carbocycles. The summed E-state index contributed by atoms with van der Waals surface area (Å²) in [5.41, 5.74) is 9.74. The third-order valence-corrected chi connectivity index (χ3v) is 7.00. The van der Waals surface area contributed by atoms with Crippen molar-refractivity contribution in [2.45, 2.75) is 44.8 Å². The molecule has 0 aliphatic heterocycles. The van der Waals surface area contributed by atoms with Gasteiger partial charge in [-0.1, -0.05) is 54.6 Å². The van der Waals surface area contributed by atoms with E-state index in [1.165, 1.54) is 6.07 Å². The molecule has 208 valence electrons. The fourth-order valence-electron chi connectivity index (χ4n) is 4.91. The van der Waals surface area contributed by atoms with Crippen molar-refractivity contribution < 1.29 is 23.8 Å². The lowest BCUT2D eigenvalue weighted by Crippen LogP contribution is -2.51. The van der Waals surface area contributed by atoms with E-state index in [1.807, 2.05) is 68.4 Å². The Morgan fingerprint density at radius 3 is 2.38 bits per heavy atom. The van der Waals surface area contributed by atoms with E-state index in [4.69, 9.17) is 24.9 Å². The first-order chi connectivity index (χ1) is 19.3. The number of benzene rings is 2. The maximum atomic E-state index is 12.4. The van der Waals surface area contributed by atoms with Crippen molar-refractivity contribution in [3.63, 3.8) is 0 Å². The van der Waals surface area contributed by atoms with E-state index in [0.717, 1.165) is 36.0 Å². The highest BCUT2D eigenvalue weighted by molar-refractivity contribution is 5.92. The Morgan fingerprint density at radius 1 is 1.05 bits per heavy atom. The molecule has 2 heterocycles. The topological polar surface area (TPSA) is 130 Å². The van der Waals surface area contributed by atoms with Gasteiger partial charge in [0.25, 0.3) is 5.91 Å². The van der Waals surface area contributed by atoms with Crippen LogP contribution in [0.1, 0.15) is 49.2 Å². The maximum absolute atomic E-state index is 12.4. The van der Waals surface area contributed by atoms with Gasteiger partial charge in [-0.2, -0.15) is 5.10 Å². The van der Waals surface area contributed by atoms with E-state index >= 15 is 0 Å². The first-order valence-electron chi connectivity index (χ1n) is 13.3. The number of nitrogens with zero attached hydrogens (tertiary/aromatic N) is 3. The van der Waals surface area contributed by atoms with E-state index in [9.17, 15) is 9.59 Å². The summed E-state index contributed by atoms with van der Waals surface area (Å²) in [7, 11) is 1.58. The molecular weight excluding hydrogens is 510 g/mol. The van der Waals surface area contributed by atoms with Crippen LogP contribution in [0, 0.1) is 0 Å². The molecule has 10 nitrogen and oxygen atoms in total. The molecule has 4 aromatic rings. The second-order valence-corrected chi connectivity index (χ2v) is 10.1. The number of primary amides is 1.